The molecule has 0 unspecified atom stereocenters. The number of nitrogens with one attached hydrogen (secondary N) is 1. The molecule has 0 aliphatic carbocycles. The van der Waals surface area contributed by atoms with E-state index in [0.29, 0.717) is 16.9 Å². The highest BCUT2D eigenvalue weighted by atomic mass is 35.5. The Hall–Kier alpha value is -2.07. The van der Waals surface area contributed by atoms with Gasteiger partial charge in [-0.2, -0.15) is 0 Å². The Balaban J connectivity index is 2.22. The van der Waals surface area contributed by atoms with Gasteiger partial charge in [-0.3, -0.25) is 4.79 Å². The molecule has 1 amide bonds. The van der Waals surface area contributed by atoms with Gasteiger partial charge in [0, 0.05) is 5.56 Å². The molecule has 1 aromatic heterocycles. The van der Waals surface area contributed by atoms with Crippen molar-refractivity contribution in [2.24, 2.45) is 0 Å². The van der Waals surface area contributed by atoms with Gasteiger partial charge >= 0.3 is 0 Å². The maximum absolute atomic E-state index is 12.3. The van der Waals surface area contributed by atoms with Crippen LogP contribution in [-0.4, -0.2) is 10.9 Å². The molecule has 1 aromatic carbocycles. The van der Waals surface area contributed by atoms with Gasteiger partial charge in [-0.1, -0.05) is 44.5 Å². The second-order valence-electron chi connectivity index (χ2n) is 5.89. The van der Waals surface area contributed by atoms with E-state index in [1.54, 1.807) is 12.1 Å². The Labute approximate surface area is 129 Å². The van der Waals surface area contributed by atoms with Gasteiger partial charge in [0.2, 0.25) is 0 Å². The number of anilines is 2. The number of carbonyl (C=O) groups excluding carboxylic acids is 1. The van der Waals surface area contributed by atoms with E-state index in [9.17, 15) is 4.79 Å². The number of hydrogen-bond donors (Lipinski definition) is 2. The lowest BCUT2D eigenvalue weighted by molar-refractivity contribution is 0.102. The third-order valence-corrected chi connectivity index (χ3v) is 3.43. The molecule has 1 heterocycles. The van der Waals surface area contributed by atoms with Crippen LogP contribution in [0.1, 0.15) is 36.7 Å². The van der Waals surface area contributed by atoms with Crippen LogP contribution in [0.3, 0.4) is 0 Å². The van der Waals surface area contributed by atoms with Crippen LogP contribution in [0.25, 0.3) is 0 Å². The van der Waals surface area contributed by atoms with Crippen LogP contribution in [0, 0.1) is 0 Å². The first-order valence-electron chi connectivity index (χ1n) is 6.60. The molecular formula is C16H18ClN3O. The molecule has 0 bridgehead atoms. The number of halogens is 1. The maximum atomic E-state index is 12.3. The van der Waals surface area contributed by atoms with Crippen molar-refractivity contribution in [1.82, 2.24) is 4.98 Å². The molecule has 0 aliphatic heterocycles. The summed E-state index contributed by atoms with van der Waals surface area (Å²) < 4.78 is 0. The van der Waals surface area contributed by atoms with Crippen molar-refractivity contribution in [2.75, 3.05) is 11.1 Å². The fourth-order valence-corrected chi connectivity index (χ4v) is 1.97. The average Bonchev–Trinajstić information content (AvgIpc) is 2.42. The normalized spacial score (nSPS) is 11.2. The summed E-state index contributed by atoms with van der Waals surface area (Å²) in [5, 5.41) is 2.99. The molecule has 0 atom stereocenters. The van der Waals surface area contributed by atoms with Crippen molar-refractivity contribution in [1.29, 1.82) is 0 Å². The van der Waals surface area contributed by atoms with Crippen molar-refractivity contribution in [3.05, 3.63) is 52.8 Å². The van der Waals surface area contributed by atoms with Crippen LogP contribution >= 0.6 is 11.6 Å². The summed E-state index contributed by atoms with van der Waals surface area (Å²) in [6, 6.07) is 9.14. The summed E-state index contributed by atoms with van der Waals surface area (Å²) in [7, 11) is 0. The van der Waals surface area contributed by atoms with Gasteiger partial charge in [-0.05, 0) is 29.2 Å². The summed E-state index contributed by atoms with van der Waals surface area (Å²) in [4.78, 5) is 16.2. The first-order valence-corrected chi connectivity index (χ1v) is 6.98. The van der Waals surface area contributed by atoms with Crippen LogP contribution in [0.4, 0.5) is 11.4 Å². The average molecular weight is 304 g/mol. The molecule has 4 nitrogen and oxygen atoms in total. The van der Waals surface area contributed by atoms with Crippen molar-refractivity contribution in [3.8, 4) is 0 Å². The lowest BCUT2D eigenvalue weighted by atomic mass is 9.86. The van der Waals surface area contributed by atoms with Gasteiger partial charge < -0.3 is 11.1 Å². The minimum Gasteiger partial charge on any atom is -0.396 e. The van der Waals surface area contributed by atoms with Crippen LogP contribution in [0.15, 0.2) is 36.5 Å². The summed E-state index contributed by atoms with van der Waals surface area (Å²) in [5.74, 6) is -0.204. The van der Waals surface area contributed by atoms with Crippen molar-refractivity contribution < 1.29 is 4.79 Å². The smallest absolute Gasteiger partial charge is 0.255 e. The van der Waals surface area contributed by atoms with E-state index in [1.165, 1.54) is 6.20 Å². The van der Waals surface area contributed by atoms with Crippen LogP contribution in [0.2, 0.25) is 5.15 Å². The minimum absolute atomic E-state index is 0.0114. The Morgan fingerprint density at radius 1 is 1.29 bits per heavy atom. The number of hydrogen-bond acceptors (Lipinski definition) is 3. The molecule has 3 N–H and O–H groups in total. The molecule has 0 spiro atoms. The highest BCUT2D eigenvalue weighted by Crippen LogP contribution is 2.24. The number of carbonyl (C=O) groups is 1. The standard InChI is InChI=1S/C16H18ClN3O/c1-16(2,3)11-6-4-5-10(7-11)15(21)20-12-8-13(18)14(17)19-9-12/h4-9H,18H2,1-3H3,(H,20,21). The van der Waals surface area contributed by atoms with E-state index in [-0.39, 0.29) is 16.5 Å². The Morgan fingerprint density at radius 3 is 2.62 bits per heavy atom. The van der Waals surface area contributed by atoms with Crippen LogP contribution < -0.4 is 11.1 Å². The number of amides is 1. The molecule has 0 saturated heterocycles. The van der Waals surface area contributed by atoms with Crippen molar-refractivity contribution in [3.63, 3.8) is 0 Å². The van der Waals surface area contributed by atoms with E-state index in [1.807, 2.05) is 18.2 Å². The second-order valence-corrected chi connectivity index (χ2v) is 6.25. The molecule has 0 saturated carbocycles. The largest absolute Gasteiger partial charge is 0.396 e. The van der Waals surface area contributed by atoms with Gasteiger partial charge in [0.25, 0.3) is 5.91 Å². The quantitative estimate of drug-likeness (QED) is 0.828. The highest BCUT2D eigenvalue weighted by Gasteiger charge is 2.15. The number of benzene rings is 1. The molecule has 110 valence electrons. The predicted octanol–water partition coefficient (Wildman–Crippen LogP) is 3.87. The Bertz CT molecular complexity index is 677. The van der Waals surface area contributed by atoms with Gasteiger partial charge in [0.1, 0.15) is 0 Å². The number of rotatable bonds is 2. The fraction of sp³-hybridized carbons (Fsp3) is 0.250. The van der Waals surface area contributed by atoms with Gasteiger partial charge in [0.15, 0.2) is 5.15 Å². The molecule has 0 fully saturated rings. The Kier molecular flexibility index (Phi) is 4.19. The number of pyridine rings is 1. The highest BCUT2D eigenvalue weighted by molar-refractivity contribution is 6.31. The van der Waals surface area contributed by atoms with Crippen LogP contribution in [-0.2, 0) is 5.41 Å². The molecule has 5 heteroatoms. The number of nitrogens with zero attached hydrogens (tertiary/aromatic N) is 1. The zero-order chi connectivity index (χ0) is 15.6. The van der Waals surface area contributed by atoms with E-state index in [2.05, 4.69) is 31.1 Å². The number of nitrogen functional groups attached to an aromatic ring is 1. The molecule has 2 aromatic rings. The first kappa shape index (κ1) is 15.3. The monoisotopic (exact) mass is 303 g/mol. The lowest BCUT2D eigenvalue weighted by Gasteiger charge is -2.19. The van der Waals surface area contributed by atoms with Crippen LogP contribution in [0.5, 0.6) is 0 Å². The topological polar surface area (TPSA) is 68.0 Å². The molecular weight excluding hydrogens is 286 g/mol. The number of aromatic nitrogens is 1. The summed E-state index contributed by atoms with van der Waals surface area (Å²) in [5.41, 5.74) is 8.20. The summed E-state index contributed by atoms with van der Waals surface area (Å²) in [6.45, 7) is 6.31. The van der Waals surface area contributed by atoms with Crippen molar-refractivity contribution >= 4 is 28.9 Å². The Morgan fingerprint density at radius 2 is 2.00 bits per heavy atom. The predicted molar refractivity (Wildman–Crippen MR) is 86.8 cm³/mol. The first-order chi connectivity index (χ1) is 9.77. The van der Waals surface area contributed by atoms with E-state index in [4.69, 9.17) is 17.3 Å². The zero-order valence-corrected chi connectivity index (χ0v) is 13.0. The molecule has 0 radical (unpaired) electrons. The molecule has 21 heavy (non-hydrogen) atoms. The molecule has 0 aliphatic rings. The maximum Gasteiger partial charge on any atom is 0.255 e. The fourth-order valence-electron chi connectivity index (χ4n) is 1.86. The molecule has 2 rings (SSSR count). The summed E-state index contributed by atoms with van der Waals surface area (Å²) in [6.07, 6.45) is 1.48. The second kappa shape index (κ2) is 5.74. The number of nitrogens with two attached hydrogens (primary N) is 1. The third-order valence-electron chi connectivity index (χ3n) is 3.11. The lowest BCUT2D eigenvalue weighted by Crippen LogP contribution is -2.16. The summed E-state index contributed by atoms with van der Waals surface area (Å²) >= 11 is 5.76. The van der Waals surface area contributed by atoms with Gasteiger partial charge in [-0.15, -0.1) is 0 Å². The van der Waals surface area contributed by atoms with Crippen molar-refractivity contribution in [2.45, 2.75) is 26.2 Å². The van der Waals surface area contributed by atoms with E-state index < -0.39 is 0 Å². The van der Waals surface area contributed by atoms with Gasteiger partial charge in [-0.25, -0.2) is 4.98 Å². The third kappa shape index (κ3) is 3.73. The zero-order valence-electron chi connectivity index (χ0n) is 12.3. The SMILES string of the molecule is CC(C)(C)c1cccc(C(=O)Nc2cnc(Cl)c(N)c2)c1. The minimum atomic E-state index is -0.204. The van der Waals surface area contributed by atoms with Gasteiger partial charge in [0.05, 0.1) is 17.6 Å². The van der Waals surface area contributed by atoms with E-state index in [0.717, 1.165) is 5.56 Å². The van der Waals surface area contributed by atoms with E-state index >= 15 is 0 Å².